The van der Waals surface area contributed by atoms with Gasteiger partial charge in [0.2, 0.25) is 5.88 Å². The van der Waals surface area contributed by atoms with Crippen LogP contribution in [-0.4, -0.2) is 16.4 Å². The van der Waals surface area contributed by atoms with Gasteiger partial charge in [-0.2, -0.15) is 13.9 Å². The minimum atomic E-state index is -2.93. The number of benzene rings is 1. The van der Waals surface area contributed by atoms with E-state index in [2.05, 4.69) is 25.8 Å². The molecule has 0 saturated carbocycles. The van der Waals surface area contributed by atoms with Crippen molar-refractivity contribution in [2.24, 2.45) is 7.05 Å². The Morgan fingerprint density at radius 2 is 2.05 bits per heavy atom. The molecule has 0 aliphatic heterocycles. The van der Waals surface area contributed by atoms with Crippen molar-refractivity contribution in [3.05, 3.63) is 32.7 Å². The van der Waals surface area contributed by atoms with Gasteiger partial charge in [-0.05, 0) is 34.1 Å². The lowest BCUT2D eigenvalue weighted by Gasteiger charge is -2.04. The topological polar surface area (TPSA) is 27.1 Å². The normalized spacial score (nSPS) is 11.1. The van der Waals surface area contributed by atoms with Crippen LogP contribution >= 0.6 is 39.1 Å². The van der Waals surface area contributed by atoms with Crippen LogP contribution in [0.3, 0.4) is 0 Å². The number of aromatic nitrogens is 2. The number of nitrogens with zero attached hydrogens (tertiary/aromatic N) is 2. The second-order valence-corrected chi connectivity index (χ2v) is 5.23. The molecule has 0 atom stereocenters. The molecule has 102 valence electrons. The summed E-state index contributed by atoms with van der Waals surface area (Å²) in [7, 11) is 1.50. The maximum atomic E-state index is 12.3. The highest BCUT2D eigenvalue weighted by Gasteiger charge is 2.21. The highest BCUT2D eigenvalue weighted by atomic mass is 79.9. The molecule has 1 aromatic carbocycles. The number of rotatable bonds is 3. The van der Waals surface area contributed by atoms with Crippen molar-refractivity contribution in [1.29, 1.82) is 0 Å². The standard InChI is InChI=1S/C11H7BrCl2F2N2O/c1-18-10(19-11(15)16)8(12)9(17-18)6-3-2-5(13)4-7(6)14/h2-4,11H,1H3. The molecule has 0 unspecified atom stereocenters. The molecule has 0 amide bonds. The van der Waals surface area contributed by atoms with Crippen molar-refractivity contribution >= 4 is 39.1 Å². The van der Waals surface area contributed by atoms with Crippen LogP contribution < -0.4 is 4.74 Å². The molecule has 0 aliphatic rings. The molecule has 3 nitrogen and oxygen atoms in total. The Hall–Kier alpha value is -0.850. The van der Waals surface area contributed by atoms with Crippen molar-refractivity contribution < 1.29 is 13.5 Å². The van der Waals surface area contributed by atoms with Gasteiger partial charge in [-0.3, -0.25) is 0 Å². The van der Waals surface area contributed by atoms with Crippen molar-refractivity contribution in [2.45, 2.75) is 6.61 Å². The summed E-state index contributed by atoms with van der Waals surface area (Å²) in [5.41, 5.74) is 0.970. The van der Waals surface area contributed by atoms with E-state index in [1.165, 1.54) is 11.7 Å². The van der Waals surface area contributed by atoms with Crippen LogP contribution in [0.15, 0.2) is 22.7 Å². The van der Waals surface area contributed by atoms with Gasteiger partial charge < -0.3 is 4.74 Å². The summed E-state index contributed by atoms with van der Waals surface area (Å²) in [6.45, 7) is -2.93. The van der Waals surface area contributed by atoms with E-state index in [0.29, 0.717) is 25.8 Å². The van der Waals surface area contributed by atoms with Crippen molar-refractivity contribution in [2.75, 3.05) is 0 Å². The van der Waals surface area contributed by atoms with E-state index >= 15 is 0 Å². The number of hydrogen-bond acceptors (Lipinski definition) is 2. The molecule has 2 aromatic rings. The van der Waals surface area contributed by atoms with Crippen molar-refractivity contribution in [3.63, 3.8) is 0 Å². The third-order valence-corrected chi connectivity index (χ3v) is 3.59. The number of halogens is 5. The molecular formula is C11H7BrCl2F2N2O. The third-order valence-electron chi connectivity index (χ3n) is 2.33. The Morgan fingerprint density at radius 3 is 2.63 bits per heavy atom. The van der Waals surface area contributed by atoms with Gasteiger partial charge in [-0.1, -0.05) is 23.2 Å². The molecule has 2 rings (SSSR count). The van der Waals surface area contributed by atoms with Gasteiger partial charge in [0.15, 0.2) is 0 Å². The minimum absolute atomic E-state index is 0.0731. The van der Waals surface area contributed by atoms with Crippen LogP contribution in [0.4, 0.5) is 8.78 Å². The quantitative estimate of drug-likeness (QED) is 0.777. The summed E-state index contributed by atoms with van der Waals surface area (Å²) >= 11 is 15.1. The van der Waals surface area contributed by atoms with Gasteiger partial charge in [0.25, 0.3) is 0 Å². The largest absolute Gasteiger partial charge is 0.416 e. The first kappa shape index (κ1) is 14.6. The summed E-state index contributed by atoms with van der Waals surface area (Å²) < 4.78 is 30.5. The Kier molecular flexibility index (Phi) is 4.32. The molecular weight excluding hydrogens is 365 g/mol. The monoisotopic (exact) mass is 370 g/mol. The highest BCUT2D eigenvalue weighted by molar-refractivity contribution is 9.10. The lowest BCUT2D eigenvalue weighted by molar-refractivity contribution is -0.0558. The highest BCUT2D eigenvalue weighted by Crippen LogP contribution is 2.39. The average molecular weight is 372 g/mol. The molecule has 0 fully saturated rings. The van der Waals surface area contributed by atoms with Gasteiger partial charge in [0.1, 0.15) is 10.2 Å². The van der Waals surface area contributed by atoms with Crippen LogP contribution in [0.25, 0.3) is 11.3 Å². The smallest absolute Gasteiger partial charge is 0.388 e. The van der Waals surface area contributed by atoms with Gasteiger partial charge in [-0.25, -0.2) is 4.68 Å². The fourth-order valence-corrected chi connectivity index (χ4v) is 2.69. The number of ether oxygens (including phenoxy) is 1. The number of hydrogen-bond donors (Lipinski definition) is 0. The molecule has 0 N–H and O–H groups in total. The summed E-state index contributed by atoms with van der Waals surface area (Å²) in [5.74, 6) is -0.0731. The SMILES string of the molecule is Cn1nc(-c2ccc(Cl)cc2Cl)c(Br)c1OC(F)F. The van der Waals surface area contributed by atoms with E-state index in [0.717, 1.165) is 0 Å². The fourth-order valence-electron chi connectivity index (χ4n) is 1.55. The second kappa shape index (κ2) is 5.64. The summed E-state index contributed by atoms with van der Waals surface area (Å²) in [5, 5.41) is 4.95. The Balaban J connectivity index is 2.51. The Labute approximate surface area is 126 Å². The van der Waals surface area contributed by atoms with Crippen LogP contribution in [0.1, 0.15) is 0 Å². The zero-order valence-electron chi connectivity index (χ0n) is 9.50. The summed E-state index contributed by atoms with van der Waals surface area (Å²) in [4.78, 5) is 0. The molecule has 0 radical (unpaired) electrons. The molecule has 0 saturated heterocycles. The van der Waals surface area contributed by atoms with Crippen LogP contribution in [-0.2, 0) is 7.05 Å². The summed E-state index contributed by atoms with van der Waals surface area (Å²) in [6.07, 6.45) is 0. The first-order chi connectivity index (χ1) is 8.90. The van der Waals surface area contributed by atoms with Gasteiger partial charge >= 0.3 is 6.61 Å². The molecule has 19 heavy (non-hydrogen) atoms. The van der Waals surface area contributed by atoms with Gasteiger partial charge in [0.05, 0.1) is 5.02 Å². The zero-order valence-corrected chi connectivity index (χ0v) is 12.6. The Morgan fingerprint density at radius 1 is 1.37 bits per heavy atom. The predicted octanol–water partition coefficient (Wildman–Crippen LogP) is 4.76. The van der Waals surface area contributed by atoms with Crippen molar-refractivity contribution in [3.8, 4) is 17.1 Å². The Bertz CT molecular complexity index is 619. The molecule has 1 heterocycles. The minimum Gasteiger partial charge on any atom is -0.416 e. The average Bonchev–Trinajstić information content (AvgIpc) is 2.57. The first-order valence-corrected chi connectivity index (χ1v) is 6.57. The third kappa shape index (κ3) is 3.01. The lowest BCUT2D eigenvalue weighted by Crippen LogP contribution is -2.06. The molecule has 0 aliphatic carbocycles. The van der Waals surface area contributed by atoms with E-state index < -0.39 is 6.61 Å². The first-order valence-electron chi connectivity index (χ1n) is 5.03. The summed E-state index contributed by atoms with van der Waals surface area (Å²) in [6, 6.07) is 4.84. The number of alkyl halides is 2. The molecule has 0 spiro atoms. The number of aryl methyl sites for hydroxylation is 1. The van der Waals surface area contributed by atoms with Crippen LogP contribution in [0, 0.1) is 0 Å². The van der Waals surface area contributed by atoms with Gasteiger partial charge in [0, 0.05) is 17.6 Å². The zero-order chi connectivity index (χ0) is 14.2. The van der Waals surface area contributed by atoms with E-state index in [9.17, 15) is 8.78 Å². The van der Waals surface area contributed by atoms with Crippen molar-refractivity contribution in [1.82, 2.24) is 9.78 Å². The fraction of sp³-hybridized carbons (Fsp3) is 0.182. The second-order valence-electron chi connectivity index (χ2n) is 3.59. The maximum Gasteiger partial charge on any atom is 0.388 e. The van der Waals surface area contributed by atoms with E-state index in [4.69, 9.17) is 23.2 Å². The van der Waals surface area contributed by atoms with E-state index in [1.807, 2.05) is 0 Å². The lowest BCUT2D eigenvalue weighted by atomic mass is 10.1. The van der Waals surface area contributed by atoms with E-state index in [1.54, 1.807) is 18.2 Å². The van der Waals surface area contributed by atoms with Crippen LogP contribution in [0.5, 0.6) is 5.88 Å². The molecule has 1 aromatic heterocycles. The van der Waals surface area contributed by atoms with Crippen LogP contribution in [0.2, 0.25) is 10.0 Å². The van der Waals surface area contributed by atoms with Gasteiger partial charge in [-0.15, -0.1) is 0 Å². The van der Waals surface area contributed by atoms with E-state index in [-0.39, 0.29) is 5.88 Å². The molecule has 0 bridgehead atoms. The predicted molar refractivity (Wildman–Crippen MR) is 73.0 cm³/mol. The molecule has 8 heteroatoms. The maximum absolute atomic E-state index is 12.3.